The van der Waals surface area contributed by atoms with E-state index in [0.717, 1.165) is 5.56 Å². The molecule has 0 saturated heterocycles. The number of nitriles is 1. The maximum atomic E-state index is 12.0. The fourth-order valence-corrected chi connectivity index (χ4v) is 1.77. The number of aliphatic carboxylic acids is 1. The van der Waals surface area contributed by atoms with Crippen molar-refractivity contribution in [2.75, 3.05) is 0 Å². The van der Waals surface area contributed by atoms with Crippen molar-refractivity contribution in [2.45, 2.75) is 32.7 Å². The quantitative estimate of drug-likeness (QED) is 0.830. The summed E-state index contributed by atoms with van der Waals surface area (Å²) in [6, 6.07) is 7.70. The van der Waals surface area contributed by atoms with E-state index in [2.05, 4.69) is 5.32 Å². The summed E-state index contributed by atoms with van der Waals surface area (Å²) in [7, 11) is 0. The lowest BCUT2D eigenvalue weighted by Gasteiger charge is -2.20. The summed E-state index contributed by atoms with van der Waals surface area (Å²) in [5.41, 5.74) is 1.21. The molecule has 0 aliphatic carbocycles. The molecule has 0 heterocycles. The van der Waals surface area contributed by atoms with Gasteiger partial charge in [-0.2, -0.15) is 5.26 Å². The Balaban J connectivity index is 2.79. The molecule has 0 saturated carbocycles. The van der Waals surface area contributed by atoms with Gasteiger partial charge in [0.15, 0.2) is 0 Å². The van der Waals surface area contributed by atoms with Crippen LogP contribution in [0.25, 0.3) is 0 Å². The molecule has 2 N–H and O–H groups in total. The predicted octanol–water partition coefficient (Wildman–Crippen LogP) is 1.98. The Morgan fingerprint density at radius 2 is 1.95 bits per heavy atom. The van der Waals surface area contributed by atoms with E-state index in [1.807, 2.05) is 13.0 Å². The summed E-state index contributed by atoms with van der Waals surface area (Å²) < 4.78 is 0. The molecule has 0 fully saturated rings. The third kappa shape index (κ3) is 4.09. The molecule has 1 rings (SSSR count). The van der Waals surface area contributed by atoms with Crippen LogP contribution in [0.4, 0.5) is 0 Å². The monoisotopic (exact) mass is 274 g/mol. The molecule has 106 valence electrons. The Hall–Kier alpha value is -2.35. The summed E-state index contributed by atoms with van der Waals surface area (Å²) in [4.78, 5) is 23.2. The molecule has 0 aliphatic rings. The van der Waals surface area contributed by atoms with Crippen molar-refractivity contribution in [3.8, 4) is 6.07 Å². The lowest BCUT2D eigenvalue weighted by molar-refractivity contribution is -0.140. The van der Waals surface area contributed by atoms with E-state index in [1.54, 1.807) is 31.2 Å². The Morgan fingerprint density at radius 3 is 2.40 bits per heavy atom. The fraction of sp³-hybridized carbons (Fsp3) is 0.400. The number of amides is 1. The molecule has 0 spiro atoms. The molecular weight excluding hydrogens is 256 g/mol. The van der Waals surface area contributed by atoms with Crippen LogP contribution in [-0.4, -0.2) is 23.0 Å². The van der Waals surface area contributed by atoms with Gasteiger partial charge in [0.1, 0.15) is 6.04 Å². The second-order valence-electron chi connectivity index (χ2n) is 4.71. The average molecular weight is 274 g/mol. The van der Waals surface area contributed by atoms with Crippen molar-refractivity contribution in [1.82, 2.24) is 5.32 Å². The maximum absolute atomic E-state index is 12.0. The van der Waals surface area contributed by atoms with Crippen LogP contribution < -0.4 is 5.32 Å². The van der Waals surface area contributed by atoms with E-state index >= 15 is 0 Å². The molecule has 0 radical (unpaired) electrons. The molecular formula is C15H18N2O3. The topological polar surface area (TPSA) is 90.2 Å². The molecule has 0 aromatic heterocycles. The number of benzene rings is 1. The van der Waals surface area contributed by atoms with Crippen LogP contribution in [0.3, 0.4) is 0 Å². The van der Waals surface area contributed by atoms with Gasteiger partial charge in [-0.3, -0.25) is 4.79 Å². The first kappa shape index (κ1) is 15.7. The summed E-state index contributed by atoms with van der Waals surface area (Å²) in [6.45, 7) is 3.67. The van der Waals surface area contributed by atoms with Crippen molar-refractivity contribution in [3.63, 3.8) is 0 Å². The second-order valence-corrected chi connectivity index (χ2v) is 4.71. The van der Waals surface area contributed by atoms with E-state index in [4.69, 9.17) is 10.4 Å². The van der Waals surface area contributed by atoms with Crippen LogP contribution in [0.2, 0.25) is 0 Å². The zero-order valence-corrected chi connectivity index (χ0v) is 11.6. The first-order valence-electron chi connectivity index (χ1n) is 6.49. The van der Waals surface area contributed by atoms with Crippen molar-refractivity contribution >= 4 is 11.9 Å². The van der Waals surface area contributed by atoms with Crippen LogP contribution in [0.15, 0.2) is 24.3 Å². The number of hydrogen-bond acceptors (Lipinski definition) is 3. The maximum Gasteiger partial charge on any atom is 0.326 e. The highest BCUT2D eigenvalue weighted by Crippen LogP contribution is 2.10. The number of nitrogens with zero attached hydrogens (tertiary/aromatic N) is 1. The third-order valence-electron chi connectivity index (χ3n) is 3.26. The zero-order chi connectivity index (χ0) is 15.1. The lowest BCUT2D eigenvalue weighted by atomic mass is 9.99. The first-order chi connectivity index (χ1) is 9.49. The molecule has 20 heavy (non-hydrogen) atoms. The minimum absolute atomic E-state index is 0.144. The molecule has 0 bridgehead atoms. The third-order valence-corrected chi connectivity index (χ3v) is 3.26. The minimum Gasteiger partial charge on any atom is -0.480 e. The standard InChI is InChI=1S/C15H18N2O3/c1-3-10(2)13(15(19)20)17-14(18)12-6-4-11(5-7-12)8-9-16/h4-7,10,13H,3,8H2,1-2H3,(H,17,18)(H,19,20)/t10-,13-/m0/s1. The number of carboxylic acids is 1. The number of carbonyl (C=O) groups is 2. The van der Waals surface area contributed by atoms with Gasteiger partial charge in [-0.05, 0) is 23.6 Å². The smallest absolute Gasteiger partial charge is 0.326 e. The van der Waals surface area contributed by atoms with Crippen molar-refractivity contribution < 1.29 is 14.7 Å². The van der Waals surface area contributed by atoms with E-state index in [0.29, 0.717) is 12.0 Å². The largest absolute Gasteiger partial charge is 0.480 e. The van der Waals surface area contributed by atoms with Crippen LogP contribution >= 0.6 is 0 Å². The van der Waals surface area contributed by atoms with Gasteiger partial charge in [0, 0.05) is 5.56 Å². The van der Waals surface area contributed by atoms with Crippen molar-refractivity contribution in [1.29, 1.82) is 5.26 Å². The first-order valence-corrected chi connectivity index (χ1v) is 6.49. The molecule has 1 aromatic rings. The van der Waals surface area contributed by atoms with E-state index in [-0.39, 0.29) is 12.3 Å². The highest BCUT2D eigenvalue weighted by Gasteiger charge is 2.25. The molecule has 0 unspecified atom stereocenters. The number of rotatable bonds is 6. The minimum atomic E-state index is -1.03. The lowest BCUT2D eigenvalue weighted by Crippen LogP contribution is -2.45. The van der Waals surface area contributed by atoms with Gasteiger partial charge in [0.05, 0.1) is 12.5 Å². The van der Waals surface area contributed by atoms with E-state index in [1.165, 1.54) is 0 Å². The fourth-order valence-electron chi connectivity index (χ4n) is 1.77. The number of carboxylic acid groups (broad SMARTS) is 1. The summed E-state index contributed by atoms with van der Waals surface area (Å²) in [5.74, 6) is -1.59. The predicted molar refractivity (Wildman–Crippen MR) is 74.1 cm³/mol. The van der Waals surface area contributed by atoms with Gasteiger partial charge in [0.25, 0.3) is 5.91 Å². The van der Waals surface area contributed by atoms with Gasteiger partial charge >= 0.3 is 5.97 Å². The molecule has 5 nitrogen and oxygen atoms in total. The summed E-state index contributed by atoms with van der Waals surface area (Å²) >= 11 is 0. The number of carbonyl (C=O) groups excluding carboxylic acids is 1. The summed E-state index contributed by atoms with van der Waals surface area (Å²) in [6.07, 6.45) is 0.949. The van der Waals surface area contributed by atoms with Crippen LogP contribution in [0.1, 0.15) is 36.2 Å². The Kier molecular flexibility index (Phi) is 5.73. The molecule has 2 atom stereocenters. The van der Waals surface area contributed by atoms with Crippen LogP contribution in [0, 0.1) is 17.2 Å². The average Bonchev–Trinajstić information content (AvgIpc) is 2.44. The van der Waals surface area contributed by atoms with Crippen LogP contribution in [0.5, 0.6) is 0 Å². The van der Waals surface area contributed by atoms with Gasteiger partial charge in [0.2, 0.25) is 0 Å². The Morgan fingerprint density at radius 1 is 1.35 bits per heavy atom. The Bertz CT molecular complexity index is 517. The normalized spacial score (nSPS) is 13.1. The highest BCUT2D eigenvalue weighted by molar-refractivity contribution is 5.96. The van der Waals surface area contributed by atoms with Gasteiger partial charge in [-0.15, -0.1) is 0 Å². The second kappa shape index (κ2) is 7.29. The number of nitrogens with one attached hydrogen (secondary N) is 1. The summed E-state index contributed by atoms with van der Waals surface area (Å²) in [5, 5.41) is 20.2. The van der Waals surface area contributed by atoms with E-state index < -0.39 is 17.9 Å². The van der Waals surface area contributed by atoms with Gasteiger partial charge in [-0.1, -0.05) is 32.4 Å². The Labute approximate surface area is 118 Å². The molecule has 1 amide bonds. The van der Waals surface area contributed by atoms with Crippen molar-refractivity contribution in [3.05, 3.63) is 35.4 Å². The van der Waals surface area contributed by atoms with E-state index in [9.17, 15) is 9.59 Å². The molecule has 5 heteroatoms. The highest BCUT2D eigenvalue weighted by atomic mass is 16.4. The van der Waals surface area contributed by atoms with Gasteiger partial charge < -0.3 is 10.4 Å². The SMILES string of the molecule is CC[C@H](C)[C@H](NC(=O)c1ccc(CC#N)cc1)C(=O)O. The number of hydrogen-bond donors (Lipinski definition) is 2. The zero-order valence-electron chi connectivity index (χ0n) is 11.6. The van der Waals surface area contributed by atoms with Gasteiger partial charge in [-0.25, -0.2) is 4.79 Å². The van der Waals surface area contributed by atoms with Crippen molar-refractivity contribution in [2.24, 2.45) is 5.92 Å². The molecule has 0 aliphatic heterocycles. The van der Waals surface area contributed by atoms with Crippen LogP contribution in [-0.2, 0) is 11.2 Å². The molecule has 1 aromatic carbocycles.